The molecule has 1 heterocycles. The van der Waals surface area contributed by atoms with Crippen LogP contribution in [0.1, 0.15) is 19.3 Å². The molecular weight excluding hydrogens is 222 g/mol. The van der Waals surface area contributed by atoms with Gasteiger partial charge in [-0.3, -0.25) is 4.79 Å². The maximum Gasteiger partial charge on any atom is 0.315 e. The number of hydrogen-bond acceptors (Lipinski definition) is 3. The number of carbonyl (C=O) groups excluding carboxylic acids is 2. The van der Waals surface area contributed by atoms with E-state index in [0.717, 1.165) is 25.9 Å². The number of piperidine rings is 1. The van der Waals surface area contributed by atoms with E-state index >= 15 is 0 Å². The molecule has 0 radical (unpaired) electrons. The Bertz CT molecular complexity index is 252. The number of amides is 3. The van der Waals surface area contributed by atoms with Crippen molar-refractivity contribution in [1.82, 2.24) is 15.5 Å². The molecule has 0 aromatic rings. The van der Waals surface area contributed by atoms with Gasteiger partial charge in [0.2, 0.25) is 5.91 Å². The van der Waals surface area contributed by atoms with Crippen LogP contribution in [-0.2, 0) is 9.53 Å². The van der Waals surface area contributed by atoms with E-state index in [0.29, 0.717) is 13.2 Å². The summed E-state index contributed by atoms with van der Waals surface area (Å²) in [6.07, 6.45) is 3.31. The molecule has 0 atom stereocenters. The molecule has 0 bridgehead atoms. The van der Waals surface area contributed by atoms with Gasteiger partial charge >= 0.3 is 6.03 Å². The minimum Gasteiger partial charge on any atom is -0.383 e. The minimum absolute atomic E-state index is 0.00779. The molecule has 0 unspecified atom stereocenters. The summed E-state index contributed by atoms with van der Waals surface area (Å²) in [6, 6.07) is -0.326. The summed E-state index contributed by atoms with van der Waals surface area (Å²) in [5.74, 6) is -0.00779. The Morgan fingerprint density at radius 1 is 1.18 bits per heavy atom. The van der Waals surface area contributed by atoms with Crippen LogP contribution in [-0.4, -0.2) is 56.7 Å². The SMILES string of the molecule is COCCNC(=O)NCC(=O)N1CCCCC1. The quantitative estimate of drug-likeness (QED) is 0.665. The lowest BCUT2D eigenvalue weighted by Crippen LogP contribution is -2.45. The third-order valence-electron chi connectivity index (χ3n) is 2.70. The molecule has 1 rings (SSSR count). The van der Waals surface area contributed by atoms with Crippen molar-refractivity contribution < 1.29 is 14.3 Å². The van der Waals surface area contributed by atoms with Gasteiger partial charge in [0, 0.05) is 26.7 Å². The van der Waals surface area contributed by atoms with Crippen molar-refractivity contribution in [2.45, 2.75) is 19.3 Å². The molecule has 6 heteroatoms. The lowest BCUT2D eigenvalue weighted by Gasteiger charge is -2.26. The number of nitrogens with one attached hydrogen (secondary N) is 2. The summed E-state index contributed by atoms with van der Waals surface area (Å²) >= 11 is 0. The van der Waals surface area contributed by atoms with Gasteiger partial charge in [-0.2, -0.15) is 0 Å². The molecule has 1 aliphatic rings. The Hall–Kier alpha value is -1.30. The predicted molar refractivity (Wildman–Crippen MR) is 63.7 cm³/mol. The third kappa shape index (κ3) is 5.53. The van der Waals surface area contributed by atoms with Crippen molar-refractivity contribution in [3.8, 4) is 0 Å². The number of ether oxygens (including phenoxy) is 1. The summed E-state index contributed by atoms with van der Waals surface area (Å²) in [5, 5.41) is 5.14. The van der Waals surface area contributed by atoms with E-state index < -0.39 is 0 Å². The molecule has 2 N–H and O–H groups in total. The molecule has 0 aromatic carbocycles. The molecule has 98 valence electrons. The number of likely N-dealkylation sites (tertiary alicyclic amines) is 1. The Balaban J connectivity index is 2.11. The fourth-order valence-corrected chi connectivity index (χ4v) is 1.74. The van der Waals surface area contributed by atoms with Crippen molar-refractivity contribution in [1.29, 1.82) is 0 Å². The highest BCUT2D eigenvalue weighted by atomic mass is 16.5. The maximum atomic E-state index is 11.7. The molecule has 0 aliphatic carbocycles. The van der Waals surface area contributed by atoms with Gasteiger partial charge < -0.3 is 20.3 Å². The van der Waals surface area contributed by atoms with E-state index in [1.165, 1.54) is 6.42 Å². The van der Waals surface area contributed by atoms with Crippen LogP contribution in [0.2, 0.25) is 0 Å². The Morgan fingerprint density at radius 3 is 2.53 bits per heavy atom. The van der Waals surface area contributed by atoms with Crippen LogP contribution in [0.25, 0.3) is 0 Å². The average Bonchev–Trinajstić information content (AvgIpc) is 2.37. The molecule has 0 aromatic heterocycles. The Kier molecular flexibility index (Phi) is 6.39. The molecule has 1 saturated heterocycles. The maximum absolute atomic E-state index is 11.7. The molecule has 1 aliphatic heterocycles. The average molecular weight is 243 g/mol. The van der Waals surface area contributed by atoms with Gasteiger partial charge in [0.25, 0.3) is 0 Å². The summed E-state index contributed by atoms with van der Waals surface area (Å²) in [5.41, 5.74) is 0. The molecule has 0 spiro atoms. The van der Waals surface area contributed by atoms with Crippen LogP contribution < -0.4 is 10.6 Å². The second-order valence-corrected chi connectivity index (χ2v) is 4.04. The van der Waals surface area contributed by atoms with Gasteiger partial charge in [0.15, 0.2) is 0 Å². The van der Waals surface area contributed by atoms with Gasteiger partial charge in [0.1, 0.15) is 0 Å². The van der Waals surface area contributed by atoms with Crippen molar-refractivity contribution in [3.63, 3.8) is 0 Å². The largest absolute Gasteiger partial charge is 0.383 e. The minimum atomic E-state index is -0.326. The summed E-state index contributed by atoms with van der Waals surface area (Å²) in [4.78, 5) is 24.8. The molecule has 1 fully saturated rings. The van der Waals surface area contributed by atoms with Crippen LogP contribution in [0.5, 0.6) is 0 Å². The van der Waals surface area contributed by atoms with Gasteiger partial charge in [-0.05, 0) is 19.3 Å². The van der Waals surface area contributed by atoms with Gasteiger partial charge in [-0.15, -0.1) is 0 Å². The highest BCUT2D eigenvalue weighted by molar-refractivity contribution is 5.84. The number of methoxy groups -OCH3 is 1. The van der Waals surface area contributed by atoms with Crippen molar-refractivity contribution >= 4 is 11.9 Å². The number of hydrogen-bond donors (Lipinski definition) is 2. The molecule has 6 nitrogen and oxygen atoms in total. The third-order valence-corrected chi connectivity index (χ3v) is 2.70. The smallest absolute Gasteiger partial charge is 0.315 e. The van der Waals surface area contributed by atoms with Gasteiger partial charge in [0.05, 0.1) is 13.2 Å². The van der Waals surface area contributed by atoms with Crippen LogP contribution >= 0.6 is 0 Å². The zero-order valence-corrected chi connectivity index (χ0v) is 10.3. The van der Waals surface area contributed by atoms with Crippen LogP contribution in [0.3, 0.4) is 0 Å². The summed E-state index contributed by atoms with van der Waals surface area (Å²) in [6.45, 7) is 2.60. The van der Waals surface area contributed by atoms with Crippen LogP contribution in [0, 0.1) is 0 Å². The number of urea groups is 1. The van der Waals surface area contributed by atoms with E-state index in [2.05, 4.69) is 10.6 Å². The lowest BCUT2D eigenvalue weighted by atomic mass is 10.1. The zero-order valence-electron chi connectivity index (χ0n) is 10.3. The topological polar surface area (TPSA) is 70.7 Å². The van der Waals surface area contributed by atoms with E-state index in [4.69, 9.17) is 4.74 Å². The normalized spacial score (nSPS) is 15.5. The first kappa shape index (κ1) is 13.8. The lowest BCUT2D eigenvalue weighted by molar-refractivity contribution is -0.130. The van der Waals surface area contributed by atoms with Crippen molar-refractivity contribution in [2.75, 3.05) is 39.9 Å². The standard InChI is InChI=1S/C11H21N3O3/c1-17-8-5-12-11(16)13-9-10(15)14-6-3-2-4-7-14/h2-9H2,1H3,(H2,12,13,16). The van der Waals surface area contributed by atoms with Crippen molar-refractivity contribution in [3.05, 3.63) is 0 Å². The van der Waals surface area contributed by atoms with Crippen LogP contribution in [0.15, 0.2) is 0 Å². The number of rotatable bonds is 5. The highest BCUT2D eigenvalue weighted by Crippen LogP contribution is 2.07. The van der Waals surface area contributed by atoms with Gasteiger partial charge in [-0.1, -0.05) is 0 Å². The van der Waals surface area contributed by atoms with Crippen LogP contribution in [0.4, 0.5) is 4.79 Å². The fraction of sp³-hybridized carbons (Fsp3) is 0.818. The predicted octanol–water partition coefficient (Wildman–Crippen LogP) is -0.0555. The first-order valence-electron chi connectivity index (χ1n) is 6.02. The van der Waals surface area contributed by atoms with E-state index in [-0.39, 0.29) is 18.5 Å². The number of carbonyl (C=O) groups is 2. The summed E-state index contributed by atoms with van der Waals surface area (Å²) in [7, 11) is 1.57. The fourth-order valence-electron chi connectivity index (χ4n) is 1.74. The van der Waals surface area contributed by atoms with Gasteiger partial charge in [-0.25, -0.2) is 4.79 Å². The Labute approximate surface area is 102 Å². The monoisotopic (exact) mass is 243 g/mol. The van der Waals surface area contributed by atoms with E-state index in [1.54, 1.807) is 12.0 Å². The second kappa shape index (κ2) is 7.89. The van der Waals surface area contributed by atoms with E-state index in [9.17, 15) is 9.59 Å². The molecule has 17 heavy (non-hydrogen) atoms. The molecule has 3 amide bonds. The first-order valence-corrected chi connectivity index (χ1v) is 6.02. The van der Waals surface area contributed by atoms with Crippen molar-refractivity contribution in [2.24, 2.45) is 0 Å². The number of nitrogens with zero attached hydrogens (tertiary/aromatic N) is 1. The zero-order chi connectivity index (χ0) is 12.5. The second-order valence-electron chi connectivity index (χ2n) is 4.04. The highest BCUT2D eigenvalue weighted by Gasteiger charge is 2.16. The first-order chi connectivity index (χ1) is 8.24. The Morgan fingerprint density at radius 2 is 1.88 bits per heavy atom. The molecular formula is C11H21N3O3. The molecule has 0 saturated carbocycles. The van der Waals surface area contributed by atoms with E-state index in [1.807, 2.05) is 0 Å². The summed E-state index contributed by atoms with van der Waals surface area (Å²) < 4.78 is 4.80.